The second-order valence-corrected chi connectivity index (χ2v) is 8.87. The molecule has 1 aromatic rings. The molecule has 0 aromatic heterocycles. The number of carbonyl (C=O) groups excluding carboxylic acids is 1. The molecule has 0 saturated carbocycles. The van der Waals surface area contributed by atoms with Crippen molar-refractivity contribution in [2.75, 3.05) is 39.4 Å². The van der Waals surface area contributed by atoms with Gasteiger partial charge in [-0.1, -0.05) is 30.3 Å². The Bertz CT molecular complexity index is 673. The fourth-order valence-electron chi connectivity index (χ4n) is 3.41. The fraction of sp³-hybridized carbons (Fsp3) is 0.667. The number of likely N-dealkylation sites (tertiary alicyclic amines) is 1. The van der Waals surface area contributed by atoms with Crippen LogP contribution in [0.3, 0.4) is 0 Å². The first kappa shape index (κ1) is 25.0. The third-order valence-electron chi connectivity index (χ3n) is 4.88. The number of amides is 1. The average molecular weight is 433 g/mol. The van der Waals surface area contributed by atoms with Crippen molar-refractivity contribution in [1.82, 2.24) is 15.5 Å². The predicted octanol–water partition coefficient (Wildman–Crippen LogP) is 3.59. The van der Waals surface area contributed by atoms with Gasteiger partial charge in [0.1, 0.15) is 5.60 Å². The minimum atomic E-state index is -0.482. The minimum absolute atomic E-state index is 0.0803. The normalized spacial score (nSPS) is 17.0. The fourth-order valence-corrected chi connectivity index (χ4v) is 3.41. The molecule has 1 aliphatic rings. The molecule has 1 heterocycles. The number of rotatable bonds is 10. The number of unbranched alkanes of at least 4 members (excludes halogenated alkanes) is 1. The third kappa shape index (κ3) is 10.5. The Morgan fingerprint density at radius 2 is 1.97 bits per heavy atom. The number of ether oxygens (including phenoxy) is 2. The summed E-state index contributed by atoms with van der Waals surface area (Å²) in [5.74, 6) is 0.918. The molecule has 0 spiro atoms. The minimum Gasteiger partial charge on any atom is -0.444 e. The van der Waals surface area contributed by atoms with Crippen LogP contribution in [0.15, 0.2) is 35.3 Å². The van der Waals surface area contributed by atoms with Gasteiger partial charge in [-0.15, -0.1) is 0 Å². The number of nitrogens with zero attached hydrogens (tertiary/aromatic N) is 2. The molecule has 1 saturated heterocycles. The number of benzene rings is 1. The quantitative estimate of drug-likeness (QED) is 0.336. The van der Waals surface area contributed by atoms with Gasteiger partial charge in [-0.05, 0) is 58.9 Å². The molecule has 1 aliphatic heterocycles. The molecule has 1 unspecified atom stereocenters. The summed E-state index contributed by atoms with van der Waals surface area (Å²) < 4.78 is 11.1. The van der Waals surface area contributed by atoms with Crippen molar-refractivity contribution in [3.05, 3.63) is 35.9 Å². The van der Waals surface area contributed by atoms with Crippen LogP contribution in [0.4, 0.5) is 4.79 Å². The Morgan fingerprint density at radius 3 is 2.68 bits per heavy atom. The Labute approximate surface area is 187 Å². The first-order valence-corrected chi connectivity index (χ1v) is 11.5. The third-order valence-corrected chi connectivity index (χ3v) is 4.88. The van der Waals surface area contributed by atoms with Gasteiger partial charge < -0.3 is 25.0 Å². The molecule has 1 fully saturated rings. The summed E-state index contributed by atoms with van der Waals surface area (Å²) >= 11 is 0. The highest BCUT2D eigenvalue weighted by atomic mass is 16.6. The predicted molar refractivity (Wildman–Crippen MR) is 126 cm³/mol. The van der Waals surface area contributed by atoms with E-state index < -0.39 is 5.60 Å². The average Bonchev–Trinajstić information content (AvgIpc) is 3.16. The maximum atomic E-state index is 12.0. The van der Waals surface area contributed by atoms with Gasteiger partial charge in [0.05, 0.1) is 12.6 Å². The highest BCUT2D eigenvalue weighted by molar-refractivity contribution is 5.80. The summed E-state index contributed by atoms with van der Waals surface area (Å²) in [6, 6.07) is 10.5. The largest absolute Gasteiger partial charge is 0.444 e. The monoisotopic (exact) mass is 432 g/mol. The van der Waals surface area contributed by atoms with Crippen LogP contribution >= 0.6 is 0 Å². The molecule has 174 valence electrons. The van der Waals surface area contributed by atoms with Crippen LogP contribution in [0.1, 0.15) is 52.5 Å². The number of carbonyl (C=O) groups is 1. The van der Waals surface area contributed by atoms with Gasteiger partial charge in [-0.2, -0.15) is 0 Å². The number of aliphatic imine (C=N–C) groups is 1. The van der Waals surface area contributed by atoms with Crippen LogP contribution in [0, 0.1) is 0 Å². The van der Waals surface area contributed by atoms with Gasteiger partial charge in [0.15, 0.2) is 5.96 Å². The van der Waals surface area contributed by atoms with E-state index >= 15 is 0 Å². The lowest BCUT2D eigenvalue weighted by atomic mass is 10.2. The number of alkyl carbamates (subject to hydrolysis) is 1. The summed E-state index contributed by atoms with van der Waals surface area (Å²) in [5.41, 5.74) is 0.830. The maximum absolute atomic E-state index is 12.0. The smallest absolute Gasteiger partial charge is 0.407 e. The lowest BCUT2D eigenvalue weighted by Crippen LogP contribution is -2.44. The molecule has 0 bridgehead atoms. The number of guanidine groups is 1. The molecule has 1 aromatic carbocycles. The SMILES string of the molecule is CCNC(=NCCCCOCCc1ccccc1)N1CCC(NC(=O)OC(C)(C)C)C1. The Kier molecular flexibility index (Phi) is 10.6. The zero-order valence-electron chi connectivity index (χ0n) is 19.7. The molecule has 7 nitrogen and oxygen atoms in total. The van der Waals surface area contributed by atoms with E-state index in [2.05, 4.69) is 46.7 Å². The van der Waals surface area contributed by atoms with E-state index in [1.165, 1.54) is 5.56 Å². The van der Waals surface area contributed by atoms with Crippen molar-refractivity contribution < 1.29 is 14.3 Å². The number of hydrogen-bond acceptors (Lipinski definition) is 4. The van der Waals surface area contributed by atoms with Gasteiger partial charge in [-0.25, -0.2) is 4.79 Å². The first-order valence-electron chi connectivity index (χ1n) is 11.5. The van der Waals surface area contributed by atoms with E-state index in [9.17, 15) is 4.79 Å². The van der Waals surface area contributed by atoms with Gasteiger partial charge in [-0.3, -0.25) is 4.99 Å². The molecule has 0 radical (unpaired) electrons. The van der Waals surface area contributed by atoms with Gasteiger partial charge in [0.2, 0.25) is 0 Å². The summed E-state index contributed by atoms with van der Waals surface area (Å²) in [5, 5.41) is 6.33. The number of hydrogen-bond donors (Lipinski definition) is 2. The molecule has 1 amide bonds. The van der Waals surface area contributed by atoms with E-state index in [1.807, 2.05) is 26.8 Å². The van der Waals surface area contributed by atoms with Gasteiger partial charge in [0.25, 0.3) is 0 Å². The van der Waals surface area contributed by atoms with Crippen molar-refractivity contribution in [2.24, 2.45) is 4.99 Å². The molecule has 31 heavy (non-hydrogen) atoms. The van der Waals surface area contributed by atoms with E-state index in [-0.39, 0.29) is 12.1 Å². The van der Waals surface area contributed by atoms with Crippen LogP contribution in [-0.4, -0.2) is 68.0 Å². The molecule has 2 rings (SSSR count). The molecule has 2 N–H and O–H groups in total. The van der Waals surface area contributed by atoms with Crippen LogP contribution < -0.4 is 10.6 Å². The van der Waals surface area contributed by atoms with Crippen molar-refractivity contribution in [2.45, 2.75) is 65.0 Å². The van der Waals surface area contributed by atoms with Crippen LogP contribution in [-0.2, 0) is 15.9 Å². The van der Waals surface area contributed by atoms with Crippen molar-refractivity contribution in [1.29, 1.82) is 0 Å². The molecular formula is C24H40N4O3. The molecular weight excluding hydrogens is 392 g/mol. The van der Waals surface area contributed by atoms with Gasteiger partial charge in [0, 0.05) is 32.8 Å². The number of nitrogens with one attached hydrogen (secondary N) is 2. The standard InChI is InChI=1S/C24H40N4O3/c1-5-25-22(28-16-13-21(19-28)27-23(29)31-24(2,3)4)26-15-9-10-17-30-18-14-20-11-7-6-8-12-20/h6-8,11-12,21H,5,9-10,13-19H2,1-4H3,(H,25,26)(H,27,29). The summed E-state index contributed by atoms with van der Waals surface area (Å²) in [6.07, 6.45) is 3.48. The lowest BCUT2D eigenvalue weighted by Gasteiger charge is -2.23. The van der Waals surface area contributed by atoms with Crippen LogP contribution in [0.25, 0.3) is 0 Å². The maximum Gasteiger partial charge on any atom is 0.407 e. The zero-order chi connectivity index (χ0) is 22.5. The first-order chi connectivity index (χ1) is 14.9. The highest BCUT2D eigenvalue weighted by Crippen LogP contribution is 2.12. The molecule has 1 atom stereocenters. The van der Waals surface area contributed by atoms with Crippen molar-refractivity contribution in [3.8, 4) is 0 Å². The second kappa shape index (κ2) is 13.2. The molecule has 0 aliphatic carbocycles. The van der Waals surface area contributed by atoms with E-state index in [4.69, 9.17) is 14.5 Å². The summed E-state index contributed by atoms with van der Waals surface area (Å²) in [7, 11) is 0. The zero-order valence-corrected chi connectivity index (χ0v) is 19.7. The van der Waals surface area contributed by atoms with E-state index in [1.54, 1.807) is 0 Å². The van der Waals surface area contributed by atoms with Gasteiger partial charge >= 0.3 is 6.09 Å². The van der Waals surface area contributed by atoms with Crippen molar-refractivity contribution >= 4 is 12.1 Å². The second-order valence-electron chi connectivity index (χ2n) is 8.87. The van der Waals surface area contributed by atoms with E-state index in [0.717, 1.165) is 71.0 Å². The summed E-state index contributed by atoms with van der Waals surface area (Å²) in [6.45, 7) is 12.4. The van der Waals surface area contributed by atoms with E-state index in [0.29, 0.717) is 0 Å². The highest BCUT2D eigenvalue weighted by Gasteiger charge is 2.27. The Hall–Kier alpha value is -2.28. The topological polar surface area (TPSA) is 75.2 Å². The Morgan fingerprint density at radius 1 is 1.19 bits per heavy atom. The Balaban J connectivity index is 1.64. The van der Waals surface area contributed by atoms with Crippen LogP contribution in [0.2, 0.25) is 0 Å². The van der Waals surface area contributed by atoms with Crippen molar-refractivity contribution in [3.63, 3.8) is 0 Å². The molecule has 7 heteroatoms. The summed E-state index contributed by atoms with van der Waals surface area (Å²) in [4.78, 5) is 19.0. The van der Waals surface area contributed by atoms with Crippen LogP contribution in [0.5, 0.6) is 0 Å². The lowest BCUT2D eigenvalue weighted by molar-refractivity contribution is 0.0507.